The van der Waals surface area contributed by atoms with Crippen molar-refractivity contribution in [1.29, 1.82) is 0 Å². The van der Waals surface area contributed by atoms with Crippen LogP contribution in [0.1, 0.15) is 31.5 Å². The van der Waals surface area contributed by atoms with Gasteiger partial charge < -0.3 is 10.4 Å². The van der Waals surface area contributed by atoms with Crippen LogP contribution in [0.15, 0.2) is 5.38 Å². The van der Waals surface area contributed by atoms with E-state index in [0.717, 1.165) is 23.7 Å². The fourth-order valence-corrected chi connectivity index (χ4v) is 1.94. The summed E-state index contributed by atoms with van der Waals surface area (Å²) in [5.41, 5.74) is 0.421. The number of aryl methyl sites for hydroxylation is 1. The van der Waals surface area contributed by atoms with Crippen molar-refractivity contribution >= 4 is 11.3 Å². The first-order chi connectivity index (χ1) is 6.89. The van der Waals surface area contributed by atoms with Crippen LogP contribution in [0.2, 0.25) is 0 Å². The molecule has 0 aliphatic heterocycles. The fraction of sp³-hybridized carbons (Fsp3) is 0.727. The van der Waals surface area contributed by atoms with Gasteiger partial charge in [0.15, 0.2) is 0 Å². The molecule has 0 aromatic carbocycles. The van der Waals surface area contributed by atoms with Gasteiger partial charge in [0, 0.05) is 30.1 Å². The summed E-state index contributed by atoms with van der Waals surface area (Å²) in [6.07, 6.45) is 0.929. The maximum Gasteiger partial charge on any atom is 0.0940 e. The van der Waals surface area contributed by atoms with E-state index in [9.17, 15) is 5.11 Å². The van der Waals surface area contributed by atoms with Gasteiger partial charge in [-0.05, 0) is 27.7 Å². The highest BCUT2D eigenvalue weighted by Crippen LogP contribution is 2.10. The van der Waals surface area contributed by atoms with Crippen molar-refractivity contribution in [3.8, 4) is 0 Å². The van der Waals surface area contributed by atoms with Crippen molar-refractivity contribution in [1.82, 2.24) is 10.3 Å². The van der Waals surface area contributed by atoms with E-state index in [2.05, 4.69) is 15.7 Å². The lowest BCUT2D eigenvalue weighted by Gasteiger charge is -2.26. The largest absolute Gasteiger partial charge is 0.389 e. The van der Waals surface area contributed by atoms with Crippen molar-refractivity contribution in [2.24, 2.45) is 0 Å². The van der Waals surface area contributed by atoms with Gasteiger partial charge in [-0.25, -0.2) is 4.98 Å². The zero-order chi connectivity index (χ0) is 11.5. The van der Waals surface area contributed by atoms with E-state index in [-0.39, 0.29) is 6.04 Å². The third-order valence-corrected chi connectivity index (χ3v) is 3.54. The van der Waals surface area contributed by atoms with Gasteiger partial charge in [-0.2, -0.15) is 0 Å². The first kappa shape index (κ1) is 12.6. The van der Waals surface area contributed by atoms with Gasteiger partial charge in [-0.3, -0.25) is 0 Å². The average Bonchev–Trinajstić information content (AvgIpc) is 2.49. The summed E-state index contributed by atoms with van der Waals surface area (Å²) in [6, 6.07) is 0.0959. The third kappa shape index (κ3) is 4.28. The van der Waals surface area contributed by atoms with E-state index in [1.54, 1.807) is 11.3 Å². The summed E-state index contributed by atoms with van der Waals surface area (Å²) in [7, 11) is 0. The number of nitrogens with one attached hydrogen (secondary N) is 1. The molecule has 1 rings (SSSR count). The van der Waals surface area contributed by atoms with Crippen LogP contribution in [0.5, 0.6) is 0 Å². The Labute approximate surface area is 95.6 Å². The second-order valence-electron chi connectivity index (χ2n) is 4.46. The van der Waals surface area contributed by atoms with Crippen molar-refractivity contribution in [2.75, 3.05) is 6.54 Å². The lowest BCUT2D eigenvalue weighted by molar-refractivity contribution is 0.0446. The van der Waals surface area contributed by atoms with Crippen molar-refractivity contribution in [3.63, 3.8) is 0 Å². The van der Waals surface area contributed by atoms with Crippen LogP contribution in [-0.2, 0) is 6.42 Å². The zero-order valence-electron chi connectivity index (χ0n) is 9.87. The Morgan fingerprint density at radius 3 is 2.73 bits per heavy atom. The second kappa shape index (κ2) is 5.05. The van der Waals surface area contributed by atoms with Gasteiger partial charge in [0.2, 0.25) is 0 Å². The second-order valence-corrected chi connectivity index (χ2v) is 5.40. The van der Waals surface area contributed by atoms with Gasteiger partial charge >= 0.3 is 0 Å². The topological polar surface area (TPSA) is 45.1 Å². The van der Waals surface area contributed by atoms with E-state index in [1.165, 1.54) is 0 Å². The van der Waals surface area contributed by atoms with Crippen molar-refractivity contribution in [2.45, 2.75) is 45.8 Å². The lowest BCUT2D eigenvalue weighted by atomic mass is 10.0. The quantitative estimate of drug-likeness (QED) is 0.807. The molecule has 0 spiro atoms. The molecule has 4 heteroatoms. The minimum Gasteiger partial charge on any atom is -0.389 e. The Balaban J connectivity index is 2.28. The molecule has 0 radical (unpaired) electrons. The molecule has 2 N–H and O–H groups in total. The van der Waals surface area contributed by atoms with Crippen LogP contribution in [-0.4, -0.2) is 28.3 Å². The molecular formula is C11H20N2OS. The third-order valence-electron chi connectivity index (χ3n) is 2.52. The Hall–Kier alpha value is -0.450. The fourth-order valence-electron chi connectivity index (χ4n) is 1.16. The van der Waals surface area contributed by atoms with Crippen LogP contribution in [0.4, 0.5) is 0 Å². The van der Waals surface area contributed by atoms with E-state index in [1.807, 2.05) is 27.7 Å². The van der Waals surface area contributed by atoms with Gasteiger partial charge in [0.25, 0.3) is 0 Å². The normalized spacial score (nSPS) is 14.2. The van der Waals surface area contributed by atoms with E-state index >= 15 is 0 Å². The van der Waals surface area contributed by atoms with E-state index in [0.29, 0.717) is 0 Å². The minimum atomic E-state index is -0.668. The van der Waals surface area contributed by atoms with Gasteiger partial charge in [-0.1, -0.05) is 0 Å². The van der Waals surface area contributed by atoms with Crippen LogP contribution >= 0.6 is 11.3 Å². The summed E-state index contributed by atoms with van der Waals surface area (Å²) in [6.45, 7) is 8.49. The van der Waals surface area contributed by atoms with Crippen LogP contribution in [0.25, 0.3) is 0 Å². The molecule has 15 heavy (non-hydrogen) atoms. The molecule has 1 aromatic rings. The SMILES string of the molecule is Cc1csc(CCNC(C)C(C)(C)O)n1. The predicted octanol–water partition coefficient (Wildman–Crippen LogP) is 1.74. The number of hydrogen-bond acceptors (Lipinski definition) is 4. The van der Waals surface area contributed by atoms with E-state index < -0.39 is 5.60 Å². The summed E-state index contributed by atoms with van der Waals surface area (Å²) in [5, 5.41) is 16.2. The van der Waals surface area contributed by atoms with Crippen LogP contribution in [0.3, 0.4) is 0 Å². The number of thiazole rings is 1. The summed E-state index contributed by atoms with van der Waals surface area (Å²) in [4.78, 5) is 4.39. The highest BCUT2D eigenvalue weighted by atomic mass is 32.1. The molecule has 0 amide bonds. The highest BCUT2D eigenvalue weighted by Gasteiger charge is 2.21. The van der Waals surface area contributed by atoms with Crippen molar-refractivity contribution < 1.29 is 5.11 Å². The molecule has 1 aromatic heterocycles. The molecule has 0 aliphatic carbocycles. The number of aromatic nitrogens is 1. The monoisotopic (exact) mass is 228 g/mol. The molecule has 0 aliphatic rings. The lowest BCUT2D eigenvalue weighted by Crippen LogP contribution is -2.45. The molecule has 0 fully saturated rings. The van der Waals surface area contributed by atoms with Crippen LogP contribution in [0, 0.1) is 6.92 Å². The summed E-state index contributed by atoms with van der Waals surface area (Å²) in [5.74, 6) is 0. The Kier molecular flexibility index (Phi) is 4.25. The molecule has 1 atom stereocenters. The molecule has 0 bridgehead atoms. The number of nitrogens with zero attached hydrogens (tertiary/aromatic N) is 1. The maximum absolute atomic E-state index is 9.71. The summed E-state index contributed by atoms with van der Waals surface area (Å²) >= 11 is 1.70. The Morgan fingerprint density at radius 1 is 1.60 bits per heavy atom. The number of aliphatic hydroxyl groups is 1. The predicted molar refractivity (Wildman–Crippen MR) is 64.3 cm³/mol. The Bertz CT molecular complexity index is 304. The van der Waals surface area contributed by atoms with E-state index in [4.69, 9.17) is 0 Å². The average molecular weight is 228 g/mol. The van der Waals surface area contributed by atoms with Gasteiger partial charge in [-0.15, -0.1) is 11.3 Å². The first-order valence-electron chi connectivity index (χ1n) is 5.26. The number of hydrogen-bond donors (Lipinski definition) is 2. The number of rotatable bonds is 5. The van der Waals surface area contributed by atoms with Gasteiger partial charge in [0.05, 0.1) is 10.6 Å². The van der Waals surface area contributed by atoms with Crippen LogP contribution < -0.4 is 5.32 Å². The minimum absolute atomic E-state index is 0.0959. The molecule has 0 saturated heterocycles. The maximum atomic E-state index is 9.71. The van der Waals surface area contributed by atoms with Gasteiger partial charge in [0.1, 0.15) is 0 Å². The highest BCUT2D eigenvalue weighted by molar-refractivity contribution is 7.09. The first-order valence-corrected chi connectivity index (χ1v) is 6.14. The molecule has 1 unspecified atom stereocenters. The van der Waals surface area contributed by atoms with Crippen molar-refractivity contribution in [3.05, 3.63) is 16.1 Å². The smallest absolute Gasteiger partial charge is 0.0940 e. The zero-order valence-corrected chi connectivity index (χ0v) is 10.7. The molecule has 86 valence electrons. The summed E-state index contributed by atoms with van der Waals surface area (Å²) < 4.78 is 0. The molecular weight excluding hydrogens is 208 g/mol. The molecule has 0 saturated carbocycles. The molecule has 1 heterocycles. The molecule has 3 nitrogen and oxygen atoms in total. The standard InChI is InChI=1S/C11H20N2OS/c1-8-7-15-10(13-8)5-6-12-9(2)11(3,4)14/h7,9,12,14H,5-6H2,1-4H3. The Morgan fingerprint density at radius 2 is 2.27 bits per heavy atom.